The lowest BCUT2D eigenvalue weighted by molar-refractivity contribution is 0.268. The normalized spacial score (nSPS) is 10.0. The van der Waals surface area contributed by atoms with Gasteiger partial charge in [0.1, 0.15) is 0 Å². The Balaban J connectivity index is 2.78. The minimum atomic E-state index is 0.774. The van der Waals surface area contributed by atoms with Gasteiger partial charge in [0.15, 0.2) is 0 Å². The molecule has 1 nitrogen and oxygen atoms in total. The van der Waals surface area contributed by atoms with Gasteiger partial charge in [0, 0.05) is 0 Å². The van der Waals surface area contributed by atoms with Crippen molar-refractivity contribution in [3.05, 3.63) is 12.3 Å². The van der Waals surface area contributed by atoms with Crippen LogP contribution >= 0.6 is 0 Å². The molecule has 0 unspecified atom stereocenters. The van der Waals surface area contributed by atoms with Crippen molar-refractivity contribution in [2.45, 2.75) is 20.3 Å². The van der Waals surface area contributed by atoms with Crippen LogP contribution in [0.15, 0.2) is 12.3 Å². The molecule has 0 fully saturated rings. The van der Waals surface area contributed by atoms with E-state index >= 15 is 0 Å². The van der Waals surface area contributed by atoms with E-state index in [1.807, 2.05) is 13.0 Å². The summed E-state index contributed by atoms with van der Waals surface area (Å²) in [5, 5.41) is 0. The zero-order valence-corrected chi connectivity index (χ0v) is 4.98. The van der Waals surface area contributed by atoms with Gasteiger partial charge in [-0.05, 0) is 13.3 Å². The fraction of sp³-hybridized carbons (Fsp3) is 0.667. The van der Waals surface area contributed by atoms with Crippen molar-refractivity contribution in [1.82, 2.24) is 0 Å². The van der Waals surface area contributed by atoms with Crippen LogP contribution in [0.5, 0.6) is 0 Å². The van der Waals surface area contributed by atoms with E-state index in [0.29, 0.717) is 0 Å². The zero-order chi connectivity index (χ0) is 5.54. The summed E-state index contributed by atoms with van der Waals surface area (Å²) in [6.07, 6.45) is 4.78. The van der Waals surface area contributed by atoms with Crippen LogP contribution in [0.2, 0.25) is 0 Å². The van der Waals surface area contributed by atoms with E-state index < -0.39 is 0 Å². The zero-order valence-electron chi connectivity index (χ0n) is 4.98. The van der Waals surface area contributed by atoms with Gasteiger partial charge in [-0.1, -0.05) is 13.0 Å². The number of hydrogen-bond donors (Lipinski definition) is 0. The summed E-state index contributed by atoms with van der Waals surface area (Å²) in [5.74, 6) is 0. The molecule has 0 aromatic rings. The Bertz CT molecular complexity index is 48.1. The number of ether oxygens (including phenoxy) is 1. The van der Waals surface area contributed by atoms with Gasteiger partial charge >= 0.3 is 0 Å². The molecule has 0 radical (unpaired) electrons. The Labute approximate surface area is 45.0 Å². The lowest BCUT2D eigenvalue weighted by Gasteiger charge is -1.88. The molecule has 0 aromatic heterocycles. The third kappa shape index (κ3) is 5.54. The molecule has 0 aliphatic rings. The summed E-state index contributed by atoms with van der Waals surface area (Å²) in [7, 11) is 0. The van der Waals surface area contributed by atoms with Crippen molar-refractivity contribution in [3.63, 3.8) is 0 Å². The van der Waals surface area contributed by atoms with Crippen LogP contribution in [0.4, 0.5) is 0 Å². The fourth-order valence-electron chi connectivity index (χ4n) is 0.260. The van der Waals surface area contributed by atoms with E-state index in [0.717, 1.165) is 13.0 Å². The summed E-state index contributed by atoms with van der Waals surface area (Å²) in [4.78, 5) is 0. The van der Waals surface area contributed by atoms with Crippen molar-refractivity contribution < 1.29 is 4.74 Å². The molecule has 1 heteroatoms. The minimum absolute atomic E-state index is 0.774. The molecule has 0 aliphatic carbocycles. The van der Waals surface area contributed by atoms with Gasteiger partial charge in [-0.2, -0.15) is 0 Å². The standard InChI is InChI=1S/C6H12O/c1-3-5-6-7-4-2/h5-6H,3-4H2,1-2H3. The quantitative estimate of drug-likeness (QED) is 0.492. The summed E-state index contributed by atoms with van der Waals surface area (Å²) < 4.78 is 4.89. The SMILES string of the molecule is CCC=COCC. The smallest absolute Gasteiger partial charge is 0.0845 e. The van der Waals surface area contributed by atoms with Gasteiger partial charge in [0.25, 0.3) is 0 Å². The molecule has 0 saturated heterocycles. The molecule has 0 rings (SSSR count). The largest absolute Gasteiger partial charge is 0.502 e. The lowest BCUT2D eigenvalue weighted by atomic mass is 10.5. The highest BCUT2D eigenvalue weighted by molar-refractivity contribution is 4.69. The maximum atomic E-state index is 4.89. The van der Waals surface area contributed by atoms with Crippen LogP contribution in [0, 0.1) is 0 Å². The molecule has 0 saturated carbocycles. The molecule has 0 heterocycles. The Morgan fingerprint density at radius 2 is 2.14 bits per heavy atom. The summed E-state index contributed by atoms with van der Waals surface area (Å²) in [6.45, 7) is 4.83. The van der Waals surface area contributed by atoms with Crippen LogP contribution in [0.3, 0.4) is 0 Å². The van der Waals surface area contributed by atoms with E-state index in [2.05, 4.69) is 6.92 Å². The monoisotopic (exact) mass is 100 g/mol. The Hall–Kier alpha value is -0.460. The molecular formula is C6H12O. The third-order valence-corrected chi connectivity index (χ3v) is 0.595. The minimum Gasteiger partial charge on any atom is -0.502 e. The second kappa shape index (κ2) is 5.54. The van der Waals surface area contributed by atoms with Crippen LogP contribution in [-0.2, 0) is 4.74 Å². The van der Waals surface area contributed by atoms with Crippen molar-refractivity contribution in [1.29, 1.82) is 0 Å². The van der Waals surface area contributed by atoms with E-state index in [4.69, 9.17) is 4.74 Å². The highest BCUT2D eigenvalue weighted by Crippen LogP contribution is 1.79. The molecule has 0 atom stereocenters. The molecule has 0 spiro atoms. The number of rotatable bonds is 3. The van der Waals surface area contributed by atoms with Crippen molar-refractivity contribution >= 4 is 0 Å². The Morgan fingerprint density at radius 1 is 1.43 bits per heavy atom. The third-order valence-electron chi connectivity index (χ3n) is 0.595. The molecule has 0 aromatic carbocycles. The van der Waals surface area contributed by atoms with Gasteiger partial charge in [0.05, 0.1) is 12.9 Å². The van der Waals surface area contributed by atoms with Crippen molar-refractivity contribution in [3.8, 4) is 0 Å². The average molecular weight is 100 g/mol. The molecule has 0 bridgehead atoms. The highest BCUT2D eigenvalue weighted by atomic mass is 16.5. The van der Waals surface area contributed by atoms with Crippen LogP contribution < -0.4 is 0 Å². The van der Waals surface area contributed by atoms with Crippen LogP contribution in [0.1, 0.15) is 20.3 Å². The molecular weight excluding hydrogens is 88.1 g/mol. The van der Waals surface area contributed by atoms with E-state index in [9.17, 15) is 0 Å². The van der Waals surface area contributed by atoms with E-state index in [1.54, 1.807) is 6.26 Å². The topological polar surface area (TPSA) is 9.23 Å². The fourth-order valence-corrected chi connectivity index (χ4v) is 0.260. The molecule has 7 heavy (non-hydrogen) atoms. The first-order valence-corrected chi connectivity index (χ1v) is 2.68. The first-order valence-electron chi connectivity index (χ1n) is 2.68. The van der Waals surface area contributed by atoms with Crippen molar-refractivity contribution in [2.24, 2.45) is 0 Å². The molecule has 0 aliphatic heterocycles. The lowest BCUT2D eigenvalue weighted by Crippen LogP contribution is -1.74. The van der Waals surface area contributed by atoms with Gasteiger partial charge in [0.2, 0.25) is 0 Å². The first kappa shape index (κ1) is 6.54. The molecule has 42 valence electrons. The van der Waals surface area contributed by atoms with Crippen molar-refractivity contribution in [2.75, 3.05) is 6.61 Å². The van der Waals surface area contributed by atoms with Crippen LogP contribution in [-0.4, -0.2) is 6.61 Å². The number of allylic oxidation sites excluding steroid dienone is 1. The van der Waals surface area contributed by atoms with Gasteiger partial charge in [-0.15, -0.1) is 0 Å². The predicted octanol–water partition coefficient (Wildman–Crippen LogP) is 1.95. The number of hydrogen-bond acceptors (Lipinski definition) is 1. The highest BCUT2D eigenvalue weighted by Gasteiger charge is 1.64. The second-order valence-electron chi connectivity index (χ2n) is 1.24. The molecule has 0 N–H and O–H groups in total. The molecule has 0 amide bonds. The van der Waals surface area contributed by atoms with Gasteiger partial charge < -0.3 is 4.74 Å². The summed E-state index contributed by atoms with van der Waals surface area (Å²) >= 11 is 0. The summed E-state index contributed by atoms with van der Waals surface area (Å²) in [5.41, 5.74) is 0. The summed E-state index contributed by atoms with van der Waals surface area (Å²) in [6, 6.07) is 0. The Morgan fingerprint density at radius 3 is 2.57 bits per heavy atom. The van der Waals surface area contributed by atoms with E-state index in [-0.39, 0.29) is 0 Å². The van der Waals surface area contributed by atoms with E-state index in [1.165, 1.54) is 0 Å². The second-order valence-corrected chi connectivity index (χ2v) is 1.24. The average Bonchev–Trinajstić information content (AvgIpc) is 1.69. The maximum absolute atomic E-state index is 4.89. The maximum Gasteiger partial charge on any atom is 0.0845 e. The van der Waals surface area contributed by atoms with Crippen LogP contribution in [0.25, 0.3) is 0 Å². The first-order chi connectivity index (χ1) is 3.41. The van der Waals surface area contributed by atoms with Gasteiger partial charge in [-0.3, -0.25) is 0 Å². The predicted molar refractivity (Wildman–Crippen MR) is 31.1 cm³/mol. The Kier molecular flexibility index (Phi) is 5.18. The van der Waals surface area contributed by atoms with Gasteiger partial charge in [-0.25, -0.2) is 0 Å².